The minimum Gasteiger partial charge on any atom is -0.479 e. The molecule has 0 radical (unpaired) electrons. The molecule has 0 spiro atoms. The summed E-state index contributed by atoms with van der Waals surface area (Å²) in [4.78, 5) is 21.7. The number of carboxylic acid groups (broad SMARTS) is 1. The fourth-order valence-electron chi connectivity index (χ4n) is 1.41. The van der Waals surface area contributed by atoms with Gasteiger partial charge >= 0.3 is 6.09 Å². The maximum atomic E-state index is 11.3. The van der Waals surface area contributed by atoms with Gasteiger partial charge < -0.3 is 15.2 Å². The van der Waals surface area contributed by atoms with Gasteiger partial charge in [0.15, 0.2) is 6.10 Å². The number of nitrogens with one attached hydrogen (secondary N) is 2. The molecular formula is C10H10N2O4. The zero-order chi connectivity index (χ0) is 11.7. The Labute approximate surface area is 91.2 Å². The monoisotopic (exact) mass is 222 g/mol. The summed E-state index contributed by atoms with van der Waals surface area (Å²) in [5, 5.41) is 13.4. The van der Waals surface area contributed by atoms with Gasteiger partial charge in [-0.2, -0.15) is 0 Å². The molecule has 2 rings (SSSR count). The van der Waals surface area contributed by atoms with Crippen LogP contribution in [0.3, 0.4) is 0 Å². The van der Waals surface area contributed by atoms with Crippen LogP contribution in [-0.4, -0.2) is 23.2 Å². The first-order chi connectivity index (χ1) is 7.56. The Kier molecular flexibility index (Phi) is 2.40. The summed E-state index contributed by atoms with van der Waals surface area (Å²) in [6, 6.07) is 4.68. The number of ether oxygens (including phenoxy) is 1. The Bertz CT molecular complexity index is 458. The van der Waals surface area contributed by atoms with Crippen LogP contribution in [0.5, 0.6) is 5.75 Å². The highest BCUT2D eigenvalue weighted by atomic mass is 16.5. The lowest BCUT2D eigenvalue weighted by Gasteiger charge is -2.23. The van der Waals surface area contributed by atoms with E-state index in [9.17, 15) is 9.59 Å². The number of fused-ring (bicyclic) bond motifs is 1. The lowest BCUT2D eigenvalue weighted by molar-refractivity contribution is -0.122. The van der Waals surface area contributed by atoms with E-state index in [1.807, 2.05) is 0 Å². The standard InChI is InChI=1S/C10H10N2O4/c1-5-9(13)12-7-4-6(11-10(14)15)2-3-8(7)16-5/h2-5,11H,1H3,(H,12,13)(H,14,15). The molecule has 0 fully saturated rings. The Morgan fingerprint density at radius 3 is 3.00 bits per heavy atom. The molecule has 1 atom stereocenters. The molecule has 16 heavy (non-hydrogen) atoms. The summed E-state index contributed by atoms with van der Waals surface area (Å²) in [5.41, 5.74) is 0.846. The number of hydrogen-bond acceptors (Lipinski definition) is 3. The third-order valence-electron chi connectivity index (χ3n) is 2.16. The molecule has 1 aliphatic heterocycles. The van der Waals surface area contributed by atoms with Crippen molar-refractivity contribution in [3.05, 3.63) is 18.2 Å². The minimum atomic E-state index is -1.16. The van der Waals surface area contributed by atoms with Crippen molar-refractivity contribution in [1.29, 1.82) is 0 Å². The van der Waals surface area contributed by atoms with Crippen molar-refractivity contribution in [2.24, 2.45) is 0 Å². The van der Waals surface area contributed by atoms with Crippen LogP contribution in [0.4, 0.5) is 16.2 Å². The largest absolute Gasteiger partial charge is 0.479 e. The molecule has 0 bridgehead atoms. The van der Waals surface area contributed by atoms with Crippen LogP contribution in [0.25, 0.3) is 0 Å². The predicted octanol–water partition coefficient (Wildman–Crippen LogP) is 1.50. The van der Waals surface area contributed by atoms with Crippen LogP contribution >= 0.6 is 0 Å². The molecule has 84 valence electrons. The zero-order valence-electron chi connectivity index (χ0n) is 8.48. The van der Waals surface area contributed by atoms with Crippen LogP contribution in [0, 0.1) is 0 Å². The number of benzene rings is 1. The third kappa shape index (κ3) is 1.90. The summed E-state index contributed by atoms with van der Waals surface area (Å²) in [6.45, 7) is 1.64. The molecule has 3 N–H and O–H groups in total. The zero-order valence-corrected chi connectivity index (χ0v) is 8.48. The highest BCUT2D eigenvalue weighted by Gasteiger charge is 2.23. The van der Waals surface area contributed by atoms with Gasteiger partial charge in [-0.25, -0.2) is 4.79 Å². The summed E-state index contributed by atoms with van der Waals surface area (Å²) >= 11 is 0. The average Bonchev–Trinajstić information content (AvgIpc) is 2.19. The van der Waals surface area contributed by atoms with E-state index in [1.54, 1.807) is 19.1 Å². The lowest BCUT2D eigenvalue weighted by Crippen LogP contribution is -2.34. The molecule has 1 heterocycles. The van der Waals surface area contributed by atoms with Crippen molar-refractivity contribution in [2.75, 3.05) is 10.6 Å². The van der Waals surface area contributed by atoms with Gasteiger partial charge in [0.2, 0.25) is 0 Å². The number of hydrogen-bond donors (Lipinski definition) is 3. The van der Waals surface area contributed by atoms with Crippen LogP contribution in [-0.2, 0) is 4.79 Å². The second-order valence-electron chi connectivity index (χ2n) is 3.39. The second-order valence-corrected chi connectivity index (χ2v) is 3.39. The van der Waals surface area contributed by atoms with E-state index in [4.69, 9.17) is 9.84 Å². The molecule has 1 aromatic rings. The van der Waals surface area contributed by atoms with Crippen molar-refractivity contribution in [1.82, 2.24) is 0 Å². The molecule has 2 amide bonds. The molecule has 0 aliphatic carbocycles. The van der Waals surface area contributed by atoms with E-state index in [2.05, 4.69) is 10.6 Å². The number of carbonyl (C=O) groups excluding carboxylic acids is 1. The number of rotatable bonds is 1. The van der Waals surface area contributed by atoms with Crippen molar-refractivity contribution in [3.8, 4) is 5.75 Å². The maximum absolute atomic E-state index is 11.3. The van der Waals surface area contributed by atoms with Crippen molar-refractivity contribution in [2.45, 2.75) is 13.0 Å². The smallest absolute Gasteiger partial charge is 0.409 e. The van der Waals surface area contributed by atoms with Gasteiger partial charge in [-0.15, -0.1) is 0 Å². The van der Waals surface area contributed by atoms with Crippen molar-refractivity contribution >= 4 is 23.4 Å². The second kappa shape index (κ2) is 3.73. The number of anilines is 2. The summed E-state index contributed by atoms with van der Waals surface area (Å²) in [5.74, 6) is 0.281. The van der Waals surface area contributed by atoms with Crippen molar-refractivity contribution < 1.29 is 19.4 Å². The normalized spacial score (nSPS) is 18.1. The Balaban J connectivity index is 2.29. The molecule has 1 unspecified atom stereocenters. The fourth-order valence-corrected chi connectivity index (χ4v) is 1.41. The van der Waals surface area contributed by atoms with Gasteiger partial charge in [0.1, 0.15) is 5.75 Å². The summed E-state index contributed by atoms with van der Waals surface area (Å²) in [6.07, 6.45) is -1.69. The average molecular weight is 222 g/mol. The minimum absolute atomic E-state index is 0.250. The fraction of sp³-hybridized carbons (Fsp3) is 0.200. The van der Waals surface area contributed by atoms with E-state index in [-0.39, 0.29) is 5.91 Å². The number of carbonyl (C=O) groups is 2. The van der Waals surface area contributed by atoms with E-state index in [1.165, 1.54) is 6.07 Å². The highest BCUT2D eigenvalue weighted by molar-refractivity contribution is 5.98. The first-order valence-electron chi connectivity index (χ1n) is 4.68. The van der Waals surface area contributed by atoms with E-state index >= 15 is 0 Å². The summed E-state index contributed by atoms with van der Waals surface area (Å²) < 4.78 is 5.32. The lowest BCUT2D eigenvalue weighted by atomic mass is 10.2. The Hall–Kier alpha value is -2.24. The van der Waals surface area contributed by atoms with Gasteiger partial charge in [-0.1, -0.05) is 0 Å². The highest BCUT2D eigenvalue weighted by Crippen LogP contribution is 2.31. The maximum Gasteiger partial charge on any atom is 0.409 e. The van der Waals surface area contributed by atoms with Crippen LogP contribution in [0.15, 0.2) is 18.2 Å². The molecule has 6 nitrogen and oxygen atoms in total. The van der Waals surface area contributed by atoms with Gasteiger partial charge in [-0.05, 0) is 25.1 Å². The molecule has 0 saturated heterocycles. The first-order valence-corrected chi connectivity index (χ1v) is 4.68. The Morgan fingerprint density at radius 2 is 2.31 bits per heavy atom. The summed E-state index contributed by atoms with van der Waals surface area (Å²) in [7, 11) is 0. The number of amides is 2. The third-order valence-corrected chi connectivity index (χ3v) is 2.16. The van der Waals surface area contributed by atoms with E-state index in [0.29, 0.717) is 17.1 Å². The molecule has 1 aromatic carbocycles. The van der Waals surface area contributed by atoms with Gasteiger partial charge in [0.05, 0.1) is 5.69 Å². The van der Waals surface area contributed by atoms with E-state index in [0.717, 1.165) is 0 Å². The molecule has 0 aromatic heterocycles. The van der Waals surface area contributed by atoms with Crippen molar-refractivity contribution in [3.63, 3.8) is 0 Å². The first kappa shape index (κ1) is 10.3. The molecular weight excluding hydrogens is 212 g/mol. The van der Waals surface area contributed by atoms with Crippen LogP contribution in [0.2, 0.25) is 0 Å². The van der Waals surface area contributed by atoms with Gasteiger partial charge in [0, 0.05) is 5.69 Å². The van der Waals surface area contributed by atoms with Crippen LogP contribution in [0.1, 0.15) is 6.92 Å². The van der Waals surface area contributed by atoms with Gasteiger partial charge in [-0.3, -0.25) is 10.1 Å². The van der Waals surface area contributed by atoms with E-state index < -0.39 is 12.2 Å². The molecule has 1 aliphatic rings. The molecule has 6 heteroatoms. The quantitative estimate of drug-likeness (QED) is 0.671. The Morgan fingerprint density at radius 1 is 1.56 bits per heavy atom. The SMILES string of the molecule is CC1Oc2ccc(NC(=O)O)cc2NC1=O. The van der Waals surface area contributed by atoms with Gasteiger partial charge in [0.25, 0.3) is 5.91 Å². The predicted molar refractivity (Wildman–Crippen MR) is 56.8 cm³/mol. The van der Waals surface area contributed by atoms with Crippen LogP contribution < -0.4 is 15.4 Å². The molecule has 0 saturated carbocycles. The topological polar surface area (TPSA) is 87.7 Å².